The fraction of sp³-hybridized carbons (Fsp3) is 0.235. The molecular weight excluding hydrogens is 348 g/mol. The number of anilines is 1. The molecule has 0 unspecified atom stereocenters. The minimum absolute atomic E-state index is 0.0811. The first-order valence-corrected chi connectivity index (χ1v) is 8.21. The van der Waals surface area contributed by atoms with Crippen molar-refractivity contribution in [2.24, 2.45) is 16.5 Å². The van der Waals surface area contributed by atoms with E-state index in [0.717, 1.165) is 16.7 Å². The zero-order valence-corrected chi connectivity index (χ0v) is 14.9. The lowest BCUT2D eigenvalue weighted by Gasteiger charge is -2.08. The summed E-state index contributed by atoms with van der Waals surface area (Å²) in [5.41, 5.74) is 12.9. The molecule has 10 heteroatoms. The number of carbonyl (C=O) groups excluding carboxylic acids is 2. The molecule has 0 fully saturated rings. The SMILES string of the molecule is CC(=O)NCCNc1ncc(-c2cccc(CNC(=O)N=C(N)N)c2)cn1. The number of benzene rings is 1. The average molecular weight is 370 g/mol. The van der Waals surface area contributed by atoms with E-state index in [1.807, 2.05) is 24.3 Å². The number of carbonyl (C=O) groups is 2. The molecule has 7 N–H and O–H groups in total. The van der Waals surface area contributed by atoms with E-state index in [9.17, 15) is 9.59 Å². The van der Waals surface area contributed by atoms with E-state index in [1.54, 1.807) is 12.4 Å². The smallest absolute Gasteiger partial charge is 0.344 e. The van der Waals surface area contributed by atoms with Crippen molar-refractivity contribution < 1.29 is 9.59 Å². The summed E-state index contributed by atoms with van der Waals surface area (Å²) in [4.78, 5) is 34.2. The molecule has 0 saturated carbocycles. The van der Waals surface area contributed by atoms with Crippen molar-refractivity contribution in [3.8, 4) is 11.1 Å². The van der Waals surface area contributed by atoms with Gasteiger partial charge >= 0.3 is 6.03 Å². The predicted molar refractivity (Wildman–Crippen MR) is 103 cm³/mol. The molecule has 0 saturated heterocycles. The van der Waals surface area contributed by atoms with Gasteiger partial charge in [-0.3, -0.25) is 4.79 Å². The Morgan fingerprint density at radius 3 is 2.48 bits per heavy atom. The Morgan fingerprint density at radius 2 is 1.81 bits per heavy atom. The normalized spacial score (nSPS) is 9.96. The first-order valence-electron chi connectivity index (χ1n) is 8.21. The largest absolute Gasteiger partial charge is 0.370 e. The van der Waals surface area contributed by atoms with Gasteiger partial charge in [-0.1, -0.05) is 18.2 Å². The first-order chi connectivity index (χ1) is 12.9. The van der Waals surface area contributed by atoms with Crippen LogP contribution in [0.1, 0.15) is 12.5 Å². The molecular formula is C17H22N8O2. The van der Waals surface area contributed by atoms with Crippen molar-refractivity contribution in [1.82, 2.24) is 20.6 Å². The highest BCUT2D eigenvalue weighted by molar-refractivity contribution is 5.90. The third-order valence-electron chi connectivity index (χ3n) is 3.37. The second kappa shape index (κ2) is 9.70. The summed E-state index contributed by atoms with van der Waals surface area (Å²) < 4.78 is 0. The summed E-state index contributed by atoms with van der Waals surface area (Å²) in [6, 6.07) is 6.98. The number of hydrogen-bond acceptors (Lipinski definition) is 5. The van der Waals surface area contributed by atoms with Crippen LogP contribution in [0, 0.1) is 0 Å². The van der Waals surface area contributed by atoms with Gasteiger partial charge in [0.2, 0.25) is 11.9 Å². The lowest BCUT2D eigenvalue weighted by atomic mass is 10.1. The quantitative estimate of drug-likeness (QED) is 0.264. The van der Waals surface area contributed by atoms with E-state index >= 15 is 0 Å². The van der Waals surface area contributed by atoms with Crippen molar-refractivity contribution in [2.75, 3.05) is 18.4 Å². The van der Waals surface area contributed by atoms with Gasteiger partial charge in [-0.2, -0.15) is 4.99 Å². The summed E-state index contributed by atoms with van der Waals surface area (Å²) >= 11 is 0. The molecule has 142 valence electrons. The van der Waals surface area contributed by atoms with E-state index in [0.29, 0.717) is 19.0 Å². The number of aliphatic imine (C=N–C) groups is 1. The third kappa shape index (κ3) is 6.98. The number of hydrogen-bond donors (Lipinski definition) is 5. The molecule has 0 aliphatic heterocycles. The highest BCUT2D eigenvalue weighted by atomic mass is 16.2. The van der Waals surface area contributed by atoms with Gasteiger partial charge in [0.1, 0.15) is 0 Å². The zero-order chi connectivity index (χ0) is 19.6. The number of nitrogens with zero attached hydrogens (tertiary/aromatic N) is 3. The highest BCUT2D eigenvalue weighted by Gasteiger charge is 2.04. The van der Waals surface area contributed by atoms with Crippen LogP contribution in [0.15, 0.2) is 41.7 Å². The van der Waals surface area contributed by atoms with Crippen LogP contribution >= 0.6 is 0 Å². The van der Waals surface area contributed by atoms with Gasteiger partial charge in [-0.25, -0.2) is 14.8 Å². The molecule has 27 heavy (non-hydrogen) atoms. The molecule has 1 heterocycles. The maximum Gasteiger partial charge on any atom is 0.344 e. The highest BCUT2D eigenvalue weighted by Crippen LogP contribution is 2.19. The Kier molecular flexibility index (Phi) is 7.06. The van der Waals surface area contributed by atoms with Gasteiger partial charge in [-0.15, -0.1) is 0 Å². The minimum atomic E-state index is -0.599. The van der Waals surface area contributed by atoms with Crippen LogP contribution in [0.4, 0.5) is 10.7 Å². The molecule has 0 aliphatic carbocycles. The summed E-state index contributed by atoms with van der Waals surface area (Å²) in [5, 5.41) is 8.30. The molecule has 2 aromatic rings. The minimum Gasteiger partial charge on any atom is -0.370 e. The monoisotopic (exact) mass is 370 g/mol. The maximum absolute atomic E-state index is 11.5. The van der Waals surface area contributed by atoms with Gasteiger partial charge in [0.25, 0.3) is 0 Å². The van der Waals surface area contributed by atoms with E-state index in [-0.39, 0.29) is 18.4 Å². The molecule has 1 aromatic heterocycles. The topological polar surface area (TPSA) is 160 Å². The summed E-state index contributed by atoms with van der Waals surface area (Å²) in [5.74, 6) is 0.108. The van der Waals surface area contributed by atoms with Gasteiger partial charge in [0, 0.05) is 44.5 Å². The molecule has 0 aliphatic rings. The lowest BCUT2D eigenvalue weighted by Crippen LogP contribution is -2.28. The molecule has 0 radical (unpaired) electrons. The van der Waals surface area contributed by atoms with E-state index in [1.165, 1.54) is 6.92 Å². The second-order valence-electron chi connectivity index (χ2n) is 5.60. The molecule has 0 spiro atoms. The number of urea groups is 1. The molecule has 2 rings (SSSR count). The second-order valence-corrected chi connectivity index (χ2v) is 5.60. The number of rotatable bonds is 7. The van der Waals surface area contributed by atoms with Gasteiger partial charge in [0.05, 0.1) is 0 Å². The van der Waals surface area contributed by atoms with Crippen LogP contribution in [-0.2, 0) is 11.3 Å². The fourth-order valence-corrected chi connectivity index (χ4v) is 2.18. The Balaban J connectivity index is 1.94. The number of nitrogens with two attached hydrogens (primary N) is 2. The van der Waals surface area contributed by atoms with E-state index in [2.05, 4.69) is 30.9 Å². The van der Waals surface area contributed by atoms with Crippen LogP contribution in [-0.4, -0.2) is 41.0 Å². The van der Waals surface area contributed by atoms with E-state index < -0.39 is 6.03 Å². The lowest BCUT2D eigenvalue weighted by molar-refractivity contribution is -0.118. The van der Waals surface area contributed by atoms with Gasteiger partial charge in [0.15, 0.2) is 5.96 Å². The standard InChI is InChI=1S/C17H22N8O2/c1-11(26)20-5-6-21-16-22-9-14(10-23-16)13-4-2-3-12(7-13)8-24-17(27)25-15(18)19/h2-4,7,9-10H,5-6,8H2,1H3,(H,20,26)(H,21,22,23)(H5,18,19,24,25,27). The number of guanidine groups is 1. The average Bonchev–Trinajstić information content (AvgIpc) is 2.64. The van der Waals surface area contributed by atoms with Crippen LogP contribution < -0.4 is 27.4 Å². The molecule has 10 nitrogen and oxygen atoms in total. The number of aromatic nitrogens is 2. The van der Waals surface area contributed by atoms with Crippen LogP contribution in [0.2, 0.25) is 0 Å². The Labute approximate surface area is 156 Å². The zero-order valence-electron chi connectivity index (χ0n) is 14.9. The molecule has 0 atom stereocenters. The maximum atomic E-state index is 11.5. The van der Waals surface area contributed by atoms with Crippen molar-refractivity contribution in [1.29, 1.82) is 0 Å². The van der Waals surface area contributed by atoms with Crippen molar-refractivity contribution in [3.05, 3.63) is 42.2 Å². The molecule has 3 amide bonds. The van der Waals surface area contributed by atoms with Crippen molar-refractivity contribution in [2.45, 2.75) is 13.5 Å². The number of nitrogens with one attached hydrogen (secondary N) is 3. The van der Waals surface area contributed by atoms with Crippen LogP contribution in [0.3, 0.4) is 0 Å². The first kappa shape index (κ1) is 19.6. The van der Waals surface area contributed by atoms with Gasteiger partial charge < -0.3 is 27.4 Å². The summed E-state index contributed by atoms with van der Waals surface area (Å²) in [6.07, 6.45) is 3.40. The Morgan fingerprint density at radius 1 is 1.07 bits per heavy atom. The summed E-state index contributed by atoms with van der Waals surface area (Å²) in [6.45, 7) is 2.77. The van der Waals surface area contributed by atoms with Crippen molar-refractivity contribution in [3.63, 3.8) is 0 Å². The van der Waals surface area contributed by atoms with Crippen LogP contribution in [0.25, 0.3) is 11.1 Å². The number of amides is 3. The van der Waals surface area contributed by atoms with Crippen LogP contribution in [0.5, 0.6) is 0 Å². The fourth-order valence-electron chi connectivity index (χ4n) is 2.18. The predicted octanol–water partition coefficient (Wildman–Crippen LogP) is 0.175. The Bertz CT molecular complexity index is 816. The third-order valence-corrected chi connectivity index (χ3v) is 3.37. The van der Waals surface area contributed by atoms with Crippen molar-refractivity contribution >= 4 is 23.8 Å². The van der Waals surface area contributed by atoms with Gasteiger partial charge in [-0.05, 0) is 17.2 Å². The molecule has 0 bridgehead atoms. The van der Waals surface area contributed by atoms with E-state index in [4.69, 9.17) is 11.5 Å². The molecule has 1 aromatic carbocycles. The Hall–Kier alpha value is -3.69. The summed E-state index contributed by atoms with van der Waals surface area (Å²) in [7, 11) is 0.